The van der Waals surface area contributed by atoms with Gasteiger partial charge in [0.1, 0.15) is 0 Å². The van der Waals surface area contributed by atoms with E-state index < -0.39 is 22.4 Å². The molecule has 0 spiro atoms. The van der Waals surface area contributed by atoms with Crippen LogP contribution in [0, 0.1) is 0 Å². The maximum Gasteiger partial charge on any atom is 0.390 e. The highest BCUT2D eigenvalue weighted by Crippen LogP contribution is 2.18. The molecule has 5 nitrogen and oxygen atoms in total. The van der Waals surface area contributed by atoms with Gasteiger partial charge in [-0.05, 0) is 18.6 Å². The zero-order valence-corrected chi connectivity index (χ0v) is 16.3. The molecule has 1 aromatic carbocycles. The van der Waals surface area contributed by atoms with Gasteiger partial charge in [-0.25, -0.2) is 8.42 Å². The topological polar surface area (TPSA) is 70.6 Å². The molecule has 0 unspecified atom stereocenters. The molecule has 1 rings (SSSR count). The predicted molar refractivity (Wildman–Crippen MR) is 98.6 cm³/mol. The Kier molecular flexibility index (Phi) is 10.3. The molecule has 0 amide bonds. The van der Waals surface area contributed by atoms with Crippen LogP contribution in [-0.2, 0) is 9.84 Å². The van der Waals surface area contributed by atoms with Gasteiger partial charge in [0.15, 0.2) is 15.8 Å². The molecular weight excluding hydrogens is 458 g/mol. The summed E-state index contributed by atoms with van der Waals surface area (Å²) >= 11 is 0. The molecular formula is C14H21F3IN3O2S. The Morgan fingerprint density at radius 3 is 2.25 bits per heavy atom. The molecule has 0 bridgehead atoms. The number of nitrogens with one attached hydrogen (secondary N) is 2. The van der Waals surface area contributed by atoms with E-state index >= 15 is 0 Å². The van der Waals surface area contributed by atoms with Crippen LogP contribution < -0.4 is 10.6 Å². The van der Waals surface area contributed by atoms with Gasteiger partial charge >= 0.3 is 6.18 Å². The first-order chi connectivity index (χ1) is 10.7. The molecule has 10 heteroatoms. The second kappa shape index (κ2) is 10.7. The highest BCUT2D eigenvalue weighted by Gasteiger charge is 2.26. The number of guanidine groups is 1. The fraction of sp³-hybridized carbons (Fsp3) is 0.500. The van der Waals surface area contributed by atoms with Crippen molar-refractivity contribution in [3.63, 3.8) is 0 Å². The van der Waals surface area contributed by atoms with Crippen LogP contribution in [-0.4, -0.2) is 46.4 Å². The van der Waals surface area contributed by atoms with E-state index in [0.29, 0.717) is 6.42 Å². The number of aliphatic imine (C=N–C) groups is 1. The van der Waals surface area contributed by atoms with E-state index in [0.717, 1.165) is 0 Å². The van der Waals surface area contributed by atoms with E-state index in [-0.39, 0.29) is 53.7 Å². The summed E-state index contributed by atoms with van der Waals surface area (Å²) in [6.45, 7) is 0.00322. The second-order valence-corrected chi connectivity index (χ2v) is 6.89. The van der Waals surface area contributed by atoms with E-state index in [2.05, 4.69) is 15.6 Å². The lowest BCUT2D eigenvalue weighted by Crippen LogP contribution is -2.39. The Morgan fingerprint density at radius 2 is 1.71 bits per heavy atom. The van der Waals surface area contributed by atoms with E-state index in [9.17, 15) is 21.6 Å². The van der Waals surface area contributed by atoms with Gasteiger partial charge in [-0.15, -0.1) is 24.0 Å². The highest BCUT2D eigenvalue weighted by molar-refractivity contribution is 14.0. The summed E-state index contributed by atoms with van der Waals surface area (Å²) in [6.07, 6.45) is -4.87. The first-order valence-electron chi connectivity index (χ1n) is 7.04. The summed E-state index contributed by atoms with van der Waals surface area (Å²) < 4.78 is 60.2. The SMILES string of the molecule is CN=C(NCCCS(=O)(=O)c1ccccc1)NCCC(F)(F)F.I. The van der Waals surface area contributed by atoms with Crippen LogP contribution in [0.3, 0.4) is 0 Å². The van der Waals surface area contributed by atoms with E-state index in [1.807, 2.05) is 0 Å². The molecule has 0 aliphatic rings. The maximum atomic E-state index is 12.0. The van der Waals surface area contributed by atoms with Crippen molar-refractivity contribution in [2.24, 2.45) is 4.99 Å². The first-order valence-corrected chi connectivity index (χ1v) is 8.69. The molecule has 0 aliphatic heterocycles. The number of benzene rings is 1. The van der Waals surface area contributed by atoms with Gasteiger partial charge in [-0.2, -0.15) is 13.2 Å². The molecule has 1 aromatic rings. The Balaban J connectivity index is 0.00000529. The Labute approximate surface area is 157 Å². The average Bonchev–Trinajstić information content (AvgIpc) is 2.49. The number of hydrogen-bond acceptors (Lipinski definition) is 3. The van der Waals surface area contributed by atoms with Crippen LogP contribution in [0.2, 0.25) is 0 Å². The van der Waals surface area contributed by atoms with Crippen LogP contribution in [0.15, 0.2) is 40.2 Å². The molecule has 0 aliphatic carbocycles. The quantitative estimate of drug-likeness (QED) is 0.273. The summed E-state index contributed by atoms with van der Waals surface area (Å²) in [7, 11) is -1.92. The summed E-state index contributed by atoms with van der Waals surface area (Å²) in [4.78, 5) is 4.03. The largest absolute Gasteiger partial charge is 0.390 e. The molecule has 0 saturated carbocycles. The van der Waals surface area contributed by atoms with Crippen molar-refractivity contribution in [2.75, 3.05) is 25.9 Å². The van der Waals surface area contributed by atoms with Crippen molar-refractivity contribution in [2.45, 2.75) is 23.9 Å². The lowest BCUT2D eigenvalue weighted by atomic mass is 10.4. The molecule has 0 fully saturated rings. The van der Waals surface area contributed by atoms with E-state index in [1.165, 1.54) is 19.2 Å². The molecule has 0 radical (unpaired) electrons. The fourth-order valence-electron chi connectivity index (χ4n) is 1.76. The highest BCUT2D eigenvalue weighted by atomic mass is 127. The van der Waals surface area contributed by atoms with E-state index in [1.54, 1.807) is 18.2 Å². The smallest absolute Gasteiger partial charge is 0.356 e. The minimum Gasteiger partial charge on any atom is -0.356 e. The van der Waals surface area contributed by atoms with Gasteiger partial charge in [0, 0.05) is 20.1 Å². The maximum absolute atomic E-state index is 12.0. The van der Waals surface area contributed by atoms with Crippen LogP contribution >= 0.6 is 24.0 Å². The normalized spacial score (nSPS) is 12.4. The van der Waals surface area contributed by atoms with Crippen molar-refractivity contribution in [3.8, 4) is 0 Å². The lowest BCUT2D eigenvalue weighted by Gasteiger charge is -2.13. The minimum absolute atomic E-state index is 0. The standard InChI is InChI=1S/C14H20F3N3O2S.HI/c1-18-13(20-10-8-14(15,16)17)19-9-5-11-23(21,22)12-6-3-2-4-7-12;/h2-4,6-7H,5,8-11H2,1H3,(H2,18,19,20);1H. The van der Waals surface area contributed by atoms with Gasteiger partial charge in [-0.3, -0.25) is 4.99 Å². The third-order valence-electron chi connectivity index (χ3n) is 2.91. The van der Waals surface area contributed by atoms with Crippen LogP contribution in [0.1, 0.15) is 12.8 Å². The van der Waals surface area contributed by atoms with Crippen LogP contribution in [0.5, 0.6) is 0 Å². The zero-order valence-electron chi connectivity index (χ0n) is 13.1. The summed E-state index contributed by atoms with van der Waals surface area (Å²) in [5.41, 5.74) is 0. The lowest BCUT2D eigenvalue weighted by molar-refractivity contribution is -0.132. The second-order valence-electron chi connectivity index (χ2n) is 4.78. The number of rotatable bonds is 7. The fourth-order valence-corrected chi connectivity index (χ4v) is 3.09. The van der Waals surface area contributed by atoms with E-state index in [4.69, 9.17) is 0 Å². The van der Waals surface area contributed by atoms with Crippen molar-refractivity contribution in [3.05, 3.63) is 30.3 Å². The summed E-state index contributed by atoms with van der Waals surface area (Å²) in [5.74, 6) is 0.162. The van der Waals surface area contributed by atoms with Crippen LogP contribution in [0.25, 0.3) is 0 Å². The van der Waals surface area contributed by atoms with Gasteiger partial charge in [0.2, 0.25) is 0 Å². The van der Waals surface area contributed by atoms with Gasteiger partial charge in [0.25, 0.3) is 0 Å². The molecule has 0 aromatic heterocycles. The Hall–Kier alpha value is -1.04. The Bertz CT molecular complexity index is 607. The Morgan fingerprint density at radius 1 is 1.12 bits per heavy atom. The van der Waals surface area contributed by atoms with Crippen molar-refractivity contribution >= 4 is 39.8 Å². The molecule has 2 N–H and O–H groups in total. The number of nitrogens with zero attached hydrogens (tertiary/aromatic N) is 1. The van der Waals surface area contributed by atoms with Crippen molar-refractivity contribution in [1.82, 2.24) is 10.6 Å². The van der Waals surface area contributed by atoms with Gasteiger partial charge < -0.3 is 10.6 Å². The van der Waals surface area contributed by atoms with Gasteiger partial charge in [0.05, 0.1) is 17.1 Å². The minimum atomic E-state index is -4.23. The third-order valence-corrected chi connectivity index (χ3v) is 4.73. The molecule has 138 valence electrons. The number of sulfone groups is 1. The van der Waals surface area contributed by atoms with Crippen molar-refractivity contribution in [1.29, 1.82) is 0 Å². The first kappa shape index (κ1) is 23.0. The molecule has 0 saturated heterocycles. The van der Waals surface area contributed by atoms with Crippen LogP contribution in [0.4, 0.5) is 13.2 Å². The average molecular weight is 479 g/mol. The molecule has 24 heavy (non-hydrogen) atoms. The number of halogens is 4. The molecule has 0 atom stereocenters. The number of alkyl halides is 3. The summed E-state index contributed by atoms with van der Waals surface area (Å²) in [6, 6.07) is 8.09. The summed E-state index contributed by atoms with van der Waals surface area (Å²) in [5, 5.41) is 5.31. The number of hydrogen-bond donors (Lipinski definition) is 2. The predicted octanol–water partition coefficient (Wildman–Crippen LogP) is 2.59. The zero-order chi connectivity index (χ0) is 17.3. The molecule has 0 heterocycles. The monoisotopic (exact) mass is 479 g/mol. The van der Waals surface area contributed by atoms with Crippen molar-refractivity contribution < 1.29 is 21.6 Å². The van der Waals surface area contributed by atoms with Gasteiger partial charge in [-0.1, -0.05) is 18.2 Å². The third kappa shape index (κ3) is 9.30.